The van der Waals surface area contributed by atoms with Crippen molar-refractivity contribution in [1.82, 2.24) is 19.1 Å². The van der Waals surface area contributed by atoms with E-state index in [1.54, 1.807) is 0 Å². The van der Waals surface area contributed by atoms with Crippen molar-refractivity contribution in [3.8, 4) is 67.5 Å². The third-order valence-corrected chi connectivity index (χ3v) is 12.1. The fourth-order valence-corrected chi connectivity index (χ4v) is 9.22. The van der Waals surface area contributed by atoms with E-state index in [0.717, 1.165) is 77.9 Å². The van der Waals surface area contributed by atoms with E-state index >= 15 is 0 Å². The van der Waals surface area contributed by atoms with Gasteiger partial charge in [-0.25, -0.2) is 9.97 Å². The maximum atomic E-state index is 5.45. The zero-order valence-electron chi connectivity index (χ0n) is 33.7. The van der Waals surface area contributed by atoms with Gasteiger partial charge in [0.25, 0.3) is 0 Å². The second-order valence-electron chi connectivity index (χ2n) is 15.8. The molecule has 0 atom stereocenters. The van der Waals surface area contributed by atoms with Gasteiger partial charge in [0.15, 0.2) is 5.82 Å². The lowest BCUT2D eigenvalue weighted by Crippen LogP contribution is -2.04. The Hall–Kier alpha value is -8.34. The first-order valence-electron chi connectivity index (χ1n) is 21.1. The number of para-hydroxylation sites is 2. The maximum absolute atomic E-state index is 5.45. The van der Waals surface area contributed by atoms with Crippen molar-refractivity contribution in [3.63, 3.8) is 0 Å². The molecule has 0 aliphatic rings. The highest BCUT2D eigenvalue weighted by Gasteiger charge is 2.23. The van der Waals surface area contributed by atoms with E-state index in [0.29, 0.717) is 5.82 Å². The van der Waals surface area contributed by atoms with E-state index < -0.39 is 0 Å². The Morgan fingerprint density at radius 1 is 0.274 bits per heavy atom. The van der Waals surface area contributed by atoms with Gasteiger partial charge in [0.05, 0.1) is 27.8 Å². The average Bonchev–Trinajstić information content (AvgIpc) is 3.88. The summed E-state index contributed by atoms with van der Waals surface area (Å²) < 4.78 is 4.85. The van der Waals surface area contributed by atoms with Crippen LogP contribution in [0.3, 0.4) is 0 Å². The van der Waals surface area contributed by atoms with Crippen LogP contribution < -0.4 is 0 Å². The summed E-state index contributed by atoms with van der Waals surface area (Å²) in [5, 5.41) is 4.70. The molecule has 0 radical (unpaired) electrons. The summed E-state index contributed by atoms with van der Waals surface area (Å²) in [7, 11) is 0. The van der Waals surface area contributed by atoms with E-state index in [1.165, 1.54) is 27.5 Å². The molecule has 0 saturated heterocycles. The molecule has 4 heteroatoms. The molecule has 0 amide bonds. The lowest BCUT2D eigenvalue weighted by atomic mass is 9.98. The molecule has 0 aliphatic carbocycles. The third-order valence-electron chi connectivity index (χ3n) is 12.1. The molecule has 0 bridgehead atoms. The number of fused-ring (bicyclic) bond motifs is 7. The van der Waals surface area contributed by atoms with Gasteiger partial charge in [-0.15, -0.1) is 0 Å². The van der Waals surface area contributed by atoms with E-state index in [9.17, 15) is 0 Å². The van der Waals surface area contributed by atoms with Gasteiger partial charge >= 0.3 is 0 Å². The largest absolute Gasteiger partial charge is 0.307 e. The summed E-state index contributed by atoms with van der Waals surface area (Å²) in [5.74, 6) is 1.48. The van der Waals surface area contributed by atoms with Gasteiger partial charge in [0.1, 0.15) is 5.82 Å². The van der Waals surface area contributed by atoms with Crippen molar-refractivity contribution >= 4 is 43.6 Å². The van der Waals surface area contributed by atoms with Crippen molar-refractivity contribution < 1.29 is 0 Å². The molecule has 3 aromatic heterocycles. The van der Waals surface area contributed by atoms with E-state index in [1.807, 2.05) is 6.07 Å². The molecule has 12 aromatic rings. The molecule has 0 N–H and O–H groups in total. The van der Waals surface area contributed by atoms with Crippen molar-refractivity contribution in [1.29, 1.82) is 0 Å². The monoisotopic (exact) mass is 790 g/mol. The van der Waals surface area contributed by atoms with Crippen LogP contribution in [-0.2, 0) is 0 Å². The van der Waals surface area contributed by atoms with Crippen LogP contribution in [0.4, 0.5) is 0 Å². The van der Waals surface area contributed by atoms with Gasteiger partial charge < -0.3 is 4.57 Å². The minimum absolute atomic E-state index is 0.673. The number of rotatable bonds is 7. The SMILES string of the molecule is c1ccc(-c2ccc(-c3cc(-n4c5ccccc5c5ccc6c7ccccc7n(-c7cc(-c8ccccc8)cc(-c8ccccc8)c7)c6c54)nc(-c4ccccc4)n3)cc2)cc1. The third kappa shape index (κ3) is 6.00. The first kappa shape index (κ1) is 35.6. The van der Waals surface area contributed by atoms with Gasteiger partial charge in [-0.05, 0) is 63.7 Å². The molecule has 9 aromatic carbocycles. The zero-order chi connectivity index (χ0) is 41.0. The molecule has 0 unspecified atom stereocenters. The molecular formula is C58H38N4. The van der Waals surface area contributed by atoms with Crippen LogP contribution in [0.2, 0.25) is 0 Å². The summed E-state index contributed by atoms with van der Waals surface area (Å²) in [4.78, 5) is 10.7. The van der Waals surface area contributed by atoms with Crippen molar-refractivity contribution in [2.24, 2.45) is 0 Å². The highest BCUT2D eigenvalue weighted by molar-refractivity contribution is 6.23. The Morgan fingerprint density at radius 3 is 1.24 bits per heavy atom. The Labute approximate surface area is 359 Å². The Kier molecular flexibility index (Phi) is 8.46. The average molecular weight is 791 g/mol. The quantitative estimate of drug-likeness (QED) is 0.161. The molecule has 0 aliphatic heterocycles. The lowest BCUT2D eigenvalue weighted by molar-refractivity contribution is 1.05. The lowest BCUT2D eigenvalue weighted by Gasteiger charge is -2.16. The van der Waals surface area contributed by atoms with E-state index in [4.69, 9.17) is 9.97 Å². The van der Waals surface area contributed by atoms with Gasteiger partial charge in [-0.3, -0.25) is 4.57 Å². The zero-order valence-corrected chi connectivity index (χ0v) is 33.7. The predicted molar refractivity (Wildman–Crippen MR) is 258 cm³/mol. The van der Waals surface area contributed by atoms with Crippen LogP contribution in [0.25, 0.3) is 111 Å². The Bertz CT molecular complexity index is 3530. The van der Waals surface area contributed by atoms with Crippen LogP contribution in [0.5, 0.6) is 0 Å². The summed E-state index contributed by atoms with van der Waals surface area (Å²) in [6.07, 6.45) is 0. The van der Waals surface area contributed by atoms with Gasteiger partial charge in [0.2, 0.25) is 0 Å². The summed E-state index contributed by atoms with van der Waals surface area (Å²) in [6, 6.07) is 82.2. The number of hydrogen-bond donors (Lipinski definition) is 0. The fourth-order valence-electron chi connectivity index (χ4n) is 9.22. The summed E-state index contributed by atoms with van der Waals surface area (Å²) in [6.45, 7) is 0. The van der Waals surface area contributed by atoms with Crippen molar-refractivity contribution in [2.75, 3.05) is 0 Å². The normalized spacial score (nSPS) is 11.5. The summed E-state index contributed by atoms with van der Waals surface area (Å²) in [5.41, 5.74) is 15.4. The molecule has 62 heavy (non-hydrogen) atoms. The molecule has 290 valence electrons. The first-order valence-corrected chi connectivity index (χ1v) is 21.1. The maximum Gasteiger partial charge on any atom is 0.162 e. The number of nitrogens with zero attached hydrogens (tertiary/aromatic N) is 4. The molecular weight excluding hydrogens is 753 g/mol. The van der Waals surface area contributed by atoms with E-state index in [2.05, 4.69) is 234 Å². The summed E-state index contributed by atoms with van der Waals surface area (Å²) >= 11 is 0. The Balaban J connectivity index is 1.18. The molecule has 0 fully saturated rings. The molecule has 0 spiro atoms. The standard InChI is InChI=1S/C58H38N4/c1-5-17-39(18-6-1)42-29-31-43(32-30-42)52-38-55(60-58(59-52)44-23-11-4-12-24-44)62-54-28-16-14-26-49(54)51-34-33-50-48-25-13-15-27-53(48)61(56(50)57(51)62)47-36-45(40-19-7-2-8-20-40)35-46(37-47)41-21-9-3-10-22-41/h1-38H. The highest BCUT2D eigenvalue weighted by Crippen LogP contribution is 2.43. The van der Waals surface area contributed by atoms with Crippen LogP contribution in [-0.4, -0.2) is 19.1 Å². The topological polar surface area (TPSA) is 35.6 Å². The van der Waals surface area contributed by atoms with Crippen LogP contribution in [0, 0.1) is 0 Å². The number of benzene rings is 9. The molecule has 12 rings (SSSR count). The number of hydrogen-bond acceptors (Lipinski definition) is 2. The molecule has 0 saturated carbocycles. The van der Waals surface area contributed by atoms with Crippen molar-refractivity contribution in [3.05, 3.63) is 231 Å². The van der Waals surface area contributed by atoms with E-state index in [-0.39, 0.29) is 0 Å². The van der Waals surface area contributed by atoms with Crippen LogP contribution in [0.15, 0.2) is 231 Å². The van der Waals surface area contributed by atoms with Gasteiger partial charge in [0, 0.05) is 44.4 Å². The Morgan fingerprint density at radius 2 is 0.694 bits per heavy atom. The number of aromatic nitrogens is 4. The second kappa shape index (κ2) is 14.7. The minimum atomic E-state index is 0.673. The van der Waals surface area contributed by atoms with Gasteiger partial charge in [-0.2, -0.15) is 0 Å². The molecule has 4 nitrogen and oxygen atoms in total. The van der Waals surface area contributed by atoms with Crippen molar-refractivity contribution in [2.45, 2.75) is 0 Å². The smallest absolute Gasteiger partial charge is 0.162 e. The van der Waals surface area contributed by atoms with Crippen LogP contribution >= 0.6 is 0 Å². The first-order chi connectivity index (χ1) is 30.7. The predicted octanol–water partition coefficient (Wildman–Crippen LogP) is 15.0. The second-order valence-corrected chi connectivity index (χ2v) is 15.8. The van der Waals surface area contributed by atoms with Gasteiger partial charge in [-0.1, -0.05) is 194 Å². The van der Waals surface area contributed by atoms with Crippen LogP contribution in [0.1, 0.15) is 0 Å². The fraction of sp³-hybridized carbons (Fsp3) is 0. The highest BCUT2D eigenvalue weighted by atomic mass is 15.1. The minimum Gasteiger partial charge on any atom is -0.307 e. The molecule has 3 heterocycles.